The normalized spacial score (nSPS) is 10.4. The van der Waals surface area contributed by atoms with Crippen molar-refractivity contribution in [1.82, 2.24) is 9.38 Å². The summed E-state index contributed by atoms with van der Waals surface area (Å²) in [4.78, 5) is 24.8. The number of nitrogens with zero attached hydrogens (tertiary/aromatic N) is 3. The van der Waals surface area contributed by atoms with E-state index in [0.717, 1.165) is 0 Å². The largest absolute Gasteiger partial charge is 0.364 e. The number of carbonyl (C=O) groups is 1. The average molecular weight is 206 g/mol. The minimum Gasteiger partial charge on any atom is -0.364 e. The number of aromatic nitrogens is 2. The Labute approximate surface area is 83.3 Å². The molecule has 0 unspecified atom stereocenters. The molecule has 1 amide bonds. The van der Waals surface area contributed by atoms with Crippen molar-refractivity contribution < 1.29 is 9.72 Å². The van der Waals surface area contributed by atoms with Crippen LogP contribution >= 0.6 is 0 Å². The molecule has 2 aromatic rings. The Morgan fingerprint density at radius 3 is 2.87 bits per heavy atom. The lowest BCUT2D eigenvalue weighted by molar-refractivity contribution is -0.390. The molecule has 76 valence electrons. The van der Waals surface area contributed by atoms with Crippen molar-refractivity contribution in [3.05, 3.63) is 40.2 Å². The molecule has 2 heterocycles. The Morgan fingerprint density at radius 1 is 1.53 bits per heavy atom. The van der Waals surface area contributed by atoms with Crippen LogP contribution in [0.3, 0.4) is 0 Å². The van der Waals surface area contributed by atoms with Gasteiger partial charge in [0.05, 0.1) is 6.20 Å². The van der Waals surface area contributed by atoms with Crippen molar-refractivity contribution in [2.24, 2.45) is 5.73 Å². The highest BCUT2D eigenvalue weighted by Gasteiger charge is 2.25. The first-order valence-electron chi connectivity index (χ1n) is 4.02. The van der Waals surface area contributed by atoms with E-state index in [-0.39, 0.29) is 5.69 Å². The van der Waals surface area contributed by atoms with Gasteiger partial charge in [0, 0.05) is 6.07 Å². The Bertz CT molecular complexity index is 560. The van der Waals surface area contributed by atoms with Gasteiger partial charge in [0.25, 0.3) is 5.91 Å². The molecule has 0 saturated heterocycles. The zero-order valence-corrected chi connectivity index (χ0v) is 7.45. The molecule has 0 fully saturated rings. The fourth-order valence-corrected chi connectivity index (χ4v) is 1.32. The van der Waals surface area contributed by atoms with Gasteiger partial charge >= 0.3 is 5.82 Å². The van der Waals surface area contributed by atoms with Gasteiger partial charge in [-0.15, -0.1) is 0 Å². The second kappa shape index (κ2) is 3.05. The lowest BCUT2D eigenvalue weighted by atomic mass is 10.4. The van der Waals surface area contributed by atoms with Crippen LogP contribution in [0.4, 0.5) is 5.82 Å². The third-order valence-corrected chi connectivity index (χ3v) is 1.91. The highest BCUT2D eigenvalue weighted by Crippen LogP contribution is 2.19. The highest BCUT2D eigenvalue weighted by molar-refractivity contribution is 5.95. The maximum Gasteiger partial charge on any atom is 0.361 e. The summed E-state index contributed by atoms with van der Waals surface area (Å²) in [6.45, 7) is 0. The number of amides is 1. The Hall–Kier alpha value is -2.44. The van der Waals surface area contributed by atoms with E-state index in [1.807, 2.05) is 0 Å². The van der Waals surface area contributed by atoms with Gasteiger partial charge < -0.3 is 15.8 Å². The summed E-state index contributed by atoms with van der Waals surface area (Å²) < 4.78 is 1.21. The van der Waals surface area contributed by atoms with Crippen molar-refractivity contribution in [2.45, 2.75) is 0 Å². The molecular weight excluding hydrogens is 200 g/mol. The quantitative estimate of drug-likeness (QED) is 0.565. The van der Waals surface area contributed by atoms with Gasteiger partial charge in [0.15, 0.2) is 0 Å². The van der Waals surface area contributed by atoms with E-state index in [1.165, 1.54) is 10.6 Å². The van der Waals surface area contributed by atoms with Crippen LogP contribution in [0, 0.1) is 10.1 Å². The highest BCUT2D eigenvalue weighted by atomic mass is 16.6. The standard InChI is InChI=1S/C8H6N4O3/c9-7(13)6-8(12(14)15)11-4-2-1-3-5(11)10-6/h1-4H,(H2,9,13). The fourth-order valence-electron chi connectivity index (χ4n) is 1.32. The number of imidazole rings is 1. The van der Waals surface area contributed by atoms with Crippen molar-refractivity contribution in [3.63, 3.8) is 0 Å². The molecule has 0 radical (unpaired) electrons. The smallest absolute Gasteiger partial charge is 0.361 e. The lowest BCUT2D eigenvalue weighted by Gasteiger charge is -1.93. The summed E-state index contributed by atoms with van der Waals surface area (Å²) in [5.41, 5.74) is 4.99. The topological polar surface area (TPSA) is 104 Å². The fraction of sp³-hybridized carbons (Fsp3) is 0. The first-order chi connectivity index (χ1) is 7.11. The van der Waals surface area contributed by atoms with Crippen LogP contribution in [-0.2, 0) is 0 Å². The van der Waals surface area contributed by atoms with Gasteiger partial charge in [-0.25, -0.2) is 0 Å². The third kappa shape index (κ3) is 1.30. The van der Waals surface area contributed by atoms with Gasteiger partial charge in [0.1, 0.15) is 0 Å². The maximum absolute atomic E-state index is 10.9. The molecule has 7 nitrogen and oxygen atoms in total. The molecule has 0 saturated carbocycles. The summed E-state index contributed by atoms with van der Waals surface area (Å²) in [5, 5.41) is 10.7. The van der Waals surface area contributed by atoms with Gasteiger partial charge in [-0.2, -0.15) is 9.38 Å². The Kier molecular flexibility index (Phi) is 1.86. The van der Waals surface area contributed by atoms with Crippen LogP contribution in [-0.4, -0.2) is 20.2 Å². The molecule has 2 aromatic heterocycles. The lowest BCUT2D eigenvalue weighted by Crippen LogP contribution is -2.13. The number of nitrogens with two attached hydrogens (primary N) is 1. The number of carbonyl (C=O) groups excluding carboxylic acids is 1. The van der Waals surface area contributed by atoms with E-state index >= 15 is 0 Å². The molecule has 0 aromatic carbocycles. The summed E-state index contributed by atoms with van der Waals surface area (Å²) in [5.74, 6) is -1.32. The molecule has 0 aliphatic heterocycles. The van der Waals surface area contributed by atoms with E-state index in [2.05, 4.69) is 4.98 Å². The number of hydrogen-bond acceptors (Lipinski definition) is 4. The monoisotopic (exact) mass is 206 g/mol. The molecule has 0 bridgehead atoms. The predicted molar refractivity (Wildman–Crippen MR) is 50.4 cm³/mol. The first kappa shape index (κ1) is 9.13. The second-order valence-electron chi connectivity index (χ2n) is 2.83. The van der Waals surface area contributed by atoms with Crippen molar-refractivity contribution in [3.8, 4) is 0 Å². The minimum absolute atomic E-state index is 0.318. The van der Waals surface area contributed by atoms with E-state index in [9.17, 15) is 14.9 Å². The maximum atomic E-state index is 10.9. The van der Waals surface area contributed by atoms with Crippen LogP contribution in [0.5, 0.6) is 0 Å². The SMILES string of the molecule is NC(=O)c1nc2ccccn2c1[N+](=O)[O-]. The average Bonchev–Trinajstić information content (AvgIpc) is 2.56. The van der Waals surface area contributed by atoms with Crippen LogP contribution < -0.4 is 5.73 Å². The number of nitro groups is 1. The zero-order valence-electron chi connectivity index (χ0n) is 7.45. The summed E-state index contributed by atoms with van der Waals surface area (Å²) in [7, 11) is 0. The summed E-state index contributed by atoms with van der Waals surface area (Å²) in [6.07, 6.45) is 1.45. The molecule has 7 heteroatoms. The minimum atomic E-state index is -0.912. The van der Waals surface area contributed by atoms with E-state index < -0.39 is 16.6 Å². The number of primary amides is 1. The first-order valence-corrected chi connectivity index (χ1v) is 4.02. The van der Waals surface area contributed by atoms with E-state index in [4.69, 9.17) is 5.73 Å². The van der Waals surface area contributed by atoms with Gasteiger partial charge in [-0.1, -0.05) is 6.07 Å². The number of hydrogen-bond donors (Lipinski definition) is 1. The summed E-state index contributed by atoms with van der Waals surface area (Å²) >= 11 is 0. The van der Waals surface area contributed by atoms with Crippen LogP contribution in [0.15, 0.2) is 24.4 Å². The third-order valence-electron chi connectivity index (χ3n) is 1.91. The predicted octanol–water partition coefficient (Wildman–Crippen LogP) is 0.341. The molecule has 0 spiro atoms. The molecule has 15 heavy (non-hydrogen) atoms. The van der Waals surface area contributed by atoms with Crippen LogP contribution in [0.2, 0.25) is 0 Å². The van der Waals surface area contributed by atoms with Gasteiger partial charge in [0.2, 0.25) is 11.3 Å². The molecule has 2 rings (SSSR count). The van der Waals surface area contributed by atoms with Crippen LogP contribution in [0.25, 0.3) is 5.65 Å². The zero-order chi connectivity index (χ0) is 11.0. The Morgan fingerprint density at radius 2 is 2.27 bits per heavy atom. The summed E-state index contributed by atoms with van der Waals surface area (Å²) in [6, 6.07) is 4.82. The molecule has 0 aliphatic rings. The molecule has 2 N–H and O–H groups in total. The number of fused-ring (bicyclic) bond motifs is 1. The molecule has 0 atom stereocenters. The van der Waals surface area contributed by atoms with Gasteiger partial charge in [-0.05, 0) is 11.0 Å². The van der Waals surface area contributed by atoms with E-state index in [0.29, 0.717) is 5.65 Å². The molecular formula is C8H6N4O3. The van der Waals surface area contributed by atoms with Gasteiger partial charge in [-0.3, -0.25) is 4.79 Å². The van der Waals surface area contributed by atoms with E-state index in [1.54, 1.807) is 18.2 Å². The van der Waals surface area contributed by atoms with Crippen molar-refractivity contribution in [1.29, 1.82) is 0 Å². The second-order valence-corrected chi connectivity index (χ2v) is 2.83. The van der Waals surface area contributed by atoms with Crippen molar-refractivity contribution in [2.75, 3.05) is 0 Å². The molecule has 0 aliphatic carbocycles. The number of pyridine rings is 1. The Balaban J connectivity index is 2.86. The van der Waals surface area contributed by atoms with Crippen molar-refractivity contribution >= 4 is 17.4 Å². The number of rotatable bonds is 2. The van der Waals surface area contributed by atoms with Crippen LogP contribution in [0.1, 0.15) is 10.5 Å².